The van der Waals surface area contributed by atoms with E-state index < -0.39 is 17.2 Å². The van der Waals surface area contributed by atoms with E-state index in [2.05, 4.69) is 5.32 Å². The average Bonchev–Trinajstić information content (AvgIpc) is 2.64. The smallest absolute Gasteiger partial charge is 0.408 e. The highest BCUT2D eigenvalue weighted by Crippen LogP contribution is 2.49. The van der Waals surface area contributed by atoms with E-state index in [1.807, 2.05) is 0 Å². The number of amides is 1. The first-order valence-corrected chi connectivity index (χ1v) is 5.02. The normalized spacial score (nSPS) is 33.0. The molecular weight excluding hydrogens is 198 g/mol. The van der Waals surface area contributed by atoms with Crippen LogP contribution in [-0.2, 0) is 14.3 Å². The zero-order valence-electron chi connectivity index (χ0n) is 9.12. The molecule has 0 aromatic rings. The summed E-state index contributed by atoms with van der Waals surface area (Å²) in [6.45, 7) is 5.75. The maximum absolute atomic E-state index is 11.5. The Balaban J connectivity index is 1.93. The molecule has 1 aliphatic heterocycles. The molecule has 2 fully saturated rings. The Labute approximate surface area is 88.1 Å². The van der Waals surface area contributed by atoms with Gasteiger partial charge in [0, 0.05) is 5.92 Å². The number of fused-ring (bicyclic) bond motifs is 1. The third-order valence-electron chi connectivity index (χ3n) is 2.61. The summed E-state index contributed by atoms with van der Waals surface area (Å²) >= 11 is 0. The molecule has 1 saturated carbocycles. The van der Waals surface area contributed by atoms with Gasteiger partial charge in [0.2, 0.25) is 0 Å². The lowest BCUT2D eigenvalue weighted by molar-refractivity contribution is -0.142. The lowest BCUT2D eigenvalue weighted by atomic mass is 10.2. The average molecular weight is 213 g/mol. The molecule has 5 nitrogen and oxygen atoms in total. The minimum absolute atomic E-state index is 0.137. The lowest BCUT2D eigenvalue weighted by Crippen LogP contribution is -2.45. The van der Waals surface area contributed by atoms with E-state index in [1.165, 1.54) is 0 Å². The number of nitrogens with one attached hydrogen (secondary N) is 1. The molecule has 2 atom stereocenters. The van der Waals surface area contributed by atoms with Gasteiger partial charge < -0.3 is 14.8 Å². The molecule has 0 spiro atoms. The zero-order valence-corrected chi connectivity index (χ0v) is 9.12. The topological polar surface area (TPSA) is 64.6 Å². The van der Waals surface area contributed by atoms with E-state index in [4.69, 9.17) is 9.47 Å². The number of carbonyl (C=O) groups is 2. The van der Waals surface area contributed by atoms with E-state index in [0.717, 1.165) is 0 Å². The fourth-order valence-corrected chi connectivity index (χ4v) is 1.78. The number of alkyl carbamates (subject to hydrolysis) is 1. The summed E-state index contributed by atoms with van der Waals surface area (Å²) in [5, 5.41) is 2.60. The molecule has 1 heterocycles. The first kappa shape index (κ1) is 10.3. The molecule has 5 heteroatoms. The number of carbonyl (C=O) groups excluding carboxylic acids is 2. The van der Waals surface area contributed by atoms with Crippen molar-refractivity contribution in [1.29, 1.82) is 0 Å². The van der Waals surface area contributed by atoms with Gasteiger partial charge in [-0.05, 0) is 27.2 Å². The first-order chi connectivity index (χ1) is 6.83. The Morgan fingerprint density at radius 2 is 2.27 bits per heavy atom. The van der Waals surface area contributed by atoms with Gasteiger partial charge in [-0.2, -0.15) is 0 Å². The van der Waals surface area contributed by atoms with Crippen molar-refractivity contribution in [2.24, 2.45) is 5.92 Å². The molecule has 2 aliphatic rings. The van der Waals surface area contributed by atoms with Gasteiger partial charge in [0.1, 0.15) is 11.1 Å². The van der Waals surface area contributed by atoms with Gasteiger partial charge in [0.25, 0.3) is 0 Å². The Morgan fingerprint density at radius 1 is 1.60 bits per heavy atom. The number of rotatable bonds is 1. The zero-order chi connectivity index (χ0) is 11.3. The minimum atomic E-state index is -0.775. The maximum Gasteiger partial charge on any atom is 0.408 e. The third kappa shape index (κ3) is 1.78. The standard InChI is InChI=1S/C10H15NO4/c1-9(2,3)15-8(13)11-10-4-6(10)5-14-7(10)12/h6H,4-5H2,1-3H3,(H,11,13). The summed E-state index contributed by atoms with van der Waals surface area (Å²) < 4.78 is 9.92. The molecular formula is C10H15NO4. The van der Waals surface area contributed by atoms with Crippen LogP contribution in [-0.4, -0.2) is 29.8 Å². The van der Waals surface area contributed by atoms with Gasteiger partial charge in [-0.25, -0.2) is 9.59 Å². The number of hydrogen-bond donors (Lipinski definition) is 1. The molecule has 2 unspecified atom stereocenters. The van der Waals surface area contributed by atoms with Crippen molar-refractivity contribution < 1.29 is 19.1 Å². The minimum Gasteiger partial charge on any atom is -0.464 e. The van der Waals surface area contributed by atoms with Crippen LogP contribution < -0.4 is 5.32 Å². The van der Waals surface area contributed by atoms with Crippen LogP contribution in [0.15, 0.2) is 0 Å². The van der Waals surface area contributed by atoms with Crippen molar-refractivity contribution in [2.75, 3.05) is 6.61 Å². The number of cyclic esters (lactones) is 1. The molecule has 84 valence electrons. The quantitative estimate of drug-likeness (QED) is 0.655. The highest BCUT2D eigenvalue weighted by molar-refractivity contribution is 5.91. The van der Waals surface area contributed by atoms with Crippen molar-refractivity contribution >= 4 is 12.1 Å². The van der Waals surface area contributed by atoms with Crippen LogP contribution >= 0.6 is 0 Å². The molecule has 1 N–H and O–H groups in total. The molecule has 1 aliphatic carbocycles. The first-order valence-electron chi connectivity index (χ1n) is 5.02. The van der Waals surface area contributed by atoms with Crippen LogP contribution in [0.2, 0.25) is 0 Å². The summed E-state index contributed by atoms with van der Waals surface area (Å²) in [5.41, 5.74) is -1.32. The summed E-state index contributed by atoms with van der Waals surface area (Å²) in [7, 11) is 0. The molecule has 0 radical (unpaired) electrons. The number of hydrogen-bond acceptors (Lipinski definition) is 4. The van der Waals surface area contributed by atoms with E-state index in [-0.39, 0.29) is 11.9 Å². The van der Waals surface area contributed by atoms with E-state index in [0.29, 0.717) is 13.0 Å². The van der Waals surface area contributed by atoms with Crippen molar-refractivity contribution in [3.05, 3.63) is 0 Å². The predicted molar refractivity (Wildman–Crippen MR) is 51.2 cm³/mol. The van der Waals surface area contributed by atoms with E-state index in [9.17, 15) is 9.59 Å². The van der Waals surface area contributed by atoms with Crippen LogP contribution in [0.5, 0.6) is 0 Å². The molecule has 1 saturated heterocycles. The second kappa shape index (κ2) is 2.87. The number of ether oxygens (including phenoxy) is 2. The molecule has 0 bridgehead atoms. The second-order valence-corrected chi connectivity index (χ2v) is 5.10. The van der Waals surface area contributed by atoms with Gasteiger partial charge in [0.15, 0.2) is 0 Å². The molecule has 0 aromatic carbocycles. The molecule has 2 rings (SSSR count). The lowest BCUT2D eigenvalue weighted by Gasteiger charge is -2.21. The van der Waals surface area contributed by atoms with Crippen molar-refractivity contribution in [3.8, 4) is 0 Å². The second-order valence-electron chi connectivity index (χ2n) is 5.10. The van der Waals surface area contributed by atoms with E-state index in [1.54, 1.807) is 20.8 Å². The monoisotopic (exact) mass is 213 g/mol. The van der Waals surface area contributed by atoms with Crippen LogP contribution in [0.3, 0.4) is 0 Å². The molecule has 15 heavy (non-hydrogen) atoms. The SMILES string of the molecule is CC(C)(C)OC(=O)NC12CC1COC2=O. The van der Waals surface area contributed by atoms with Crippen LogP contribution in [0.4, 0.5) is 4.79 Å². The van der Waals surface area contributed by atoms with Crippen molar-refractivity contribution in [3.63, 3.8) is 0 Å². The third-order valence-corrected chi connectivity index (χ3v) is 2.61. The van der Waals surface area contributed by atoms with Gasteiger partial charge >= 0.3 is 12.1 Å². The van der Waals surface area contributed by atoms with Crippen molar-refractivity contribution in [1.82, 2.24) is 5.32 Å². The Bertz CT molecular complexity index is 320. The summed E-state index contributed by atoms with van der Waals surface area (Å²) in [6.07, 6.45) is 0.120. The summed E-state index contributed by atoms with van der Waals surface area (Å²) in [4.78, 5) is 22.8. The van der Waals surface area contributed by atoms with Gasteiger partial charge in [-0.3, -0.25) is 0 Å². The summed E-state index contributed by atoms with van der Waals surface area (Å²) in [6, 6.07) is 0. The summed E-state index contributed by atoms with van der Waals surface area (Å²) in [5.74, 6) is -0.198. The van der Waals surface area contributed by atoms with Crippen LogP contribution in [0.1, 0.15) is 27.2 Å². The fraction of sp³-hybridized carbons (Fsp3) is 0.800. The van der Waals surface area contributed by atoms with E-state index >= 15 is 0 Å². The number of esters is 1. The largest absolute Gasteiger partial charge is 0.464 e. The fourth-order valence-electron chi connectivity index (χ4n) is 1.78. The van der Waals surface area contributed by atoms with Crippen molar-refractivity contribution in [2.45, 2.75) is 38.3 Å². The predicted octanol–water partition coefficient (Wildman–Crippen LogP) is 0.827. The Morgan fingerprint density at radius 3 is 2.67 bits per heavy atom. The molecule has 0 aromatic heterocycles. The van der Waals surface area contributed by atoms with Gasteiger partial charge in [0.05, 0.1) is 6.61 Å². The Kier molecular flexibility index (Phi) is 1.96. The van der Waals surface area contributed by atoms with Gasteiger partial charge in [-0.15, -0.1) is 0 Å². The van der Waals surface area contributed by atoms with Gasteiger partial charge in [-0.1, -0.05) is 0 Å². The van der Waals surface area contributed by atoms with Crippen LogP contribution in [0, 0.1) is 5.92 Å². The van der Waals surface area contributed by atoms with Crippen LogP contribution in [0.25, 0.3) is 0 Å². The highest BCUT2D eigenvalue weighted by atomic mass is 16.6. The molecule has 1 amide bonds. The maximum atomic E-state index is 11.5. The highest BCUT2D eigenvalue weighted by Gasteiger charge is 2.67. The Hall–Kier alpha value is -1.26.